The summed E-state index contributed by atoms with van der Waals surface area (Å²) in [5.74, 6) is -3.66. The fourth-order valence-corrected chi connectivity index (χ4v) is 3.46. The van der Waals surface area contributed by atoms with Gasteiger partial charge in [-0.1, -0.05) is 12.1 Å². The topological polar surface area (TPSA) is 107 Å². The number of hydrogen-bond donors (Lipinski definition) is 1. The molecule has 0 saturated heterocycles. The summed E-state index contributed by atoms with van der Waals surface area (Å²) in [4.78, 5) is 9.71. The molecule has 3 aromatic rings. The summed E-state index contributed by atoms with van der Waals surface area (Å²) in [6, 6.07) is 11.4. The molecule has 0 radical (unpaired) electrons. The molecule has 1 heterocycles. The molecule has 0 aliphatic rings. The highest BCUT2D eigenvalue weighted by molar-refractivity contribution is 7.91. The minimum atomic E-state index is -4.93. The Morgan fingerprint density at radius 2 is 1.86 bits per heavy atom. The molecule has 1 aromatic heterocycles. The number of rotatable bonds is 7. The predicted molar refractivity (Wildman–Crippen MR) is 102 cm³/mol. The fraction of sp³-hybridized carbons (Fsp3) is 0.167. The maximum Gasteiger partial charge on any atom is 0.341 e. The zero-order valence-electron chi connectivity index (χ0n) is 15.1. The van der Waals surface area contributed by atoms with Gasteiger partial charge in [-0.2, -0.15) is 13.9 Å². The Labute approximate surface area is 164 Å². The molecule has 8 nitrogen and oxygen atoms in total. The standard InChI is InChI=1S/C18H16F2N4O4S/c1-12(13-3-5-14(6-4-13)23-10-2-9-21-23)22-16-8-7-15(11-17(16)24(25)26)29(27,28)18(19)20/h2-12,18,22H,1H3. The maximum atomic E-state index is 12.7. The van der Waals surface area contributed by atoms with Gasteiger partial charge < -0.3 is 5.32 Å². The van der Waals surface area contributed by atoms with Gasteiger partial charge in [0.25, 0.3) is 5.69 Å². The first-order chi connectivity index (χ1) is 13.7. The number of nitro benzene ring substituents is 1. The number of benzene rings is 2. The average molecular weight is 422 g/mol. The average Bonchev–Trinajstić information content (AvgIpc) is 3.22. The Balaban J connectivity index is 1.86. The number of nitro groups is 1. The number of sulfone groups is 1. The van der Waals surface area contributed by atoms with Crippen LogP contribution in [0.5, 0.6) is 0 Å². The second-order valence-corrected chi connectivity index (χ2v) is 8.07. The van der Waals surface area contributed by atoms with Crippen LogP contribution in [0.2, 0.25) is 0 Å². The summed E-state index contributed by atoms with van der Waals surface area (Å²) in [6.45, 7) is 1.76. The maximum absolute atomic E-state index is 12.7. The molecule has 1 unspecified atom stereocenters. The van der Waals surface area contributed by atoms with Crippen LogP contribution in [-0.4, -0.2) is 28.9 Å². The fourth-order valence-electron chi connectivity index (χ4n) is 2.72. The molecule has 0 saturated carbocycles. The van der Waals surface area contributed by atoms with Gasteiger partial charge in [0, 0.05) is 24.5 Å². The van der Waals surface area contributed by atoms with Gasteiger partial charge in [0.05, 0.1) is 15.5 Å². The Hall–Kier alpha value is -3.34. The van der Waals surface area contributed by atoms with Crippen molar-refractivity contribution >= 4 is 21.2 Å². The molecular formula is C18H16F2N4O4S. The van der Waals surface area contributed by atoms with E-state index < -0.39 is 31.1 Å². The summed E-state index contributed by atoms with van der Waals surface area (Å²) in [5.41, 5.74) is 1.05. The monoisotopic (exact) mass is 422 g/mol. The van der Waals surface area contributed by atoms with E-state index in [9.17, 15) is 27.3 Å². The highest BCUT2D eigenvalue weighted by Crippen LogP contribution is 2.32. The quantitative estimate of drug-likeness (QED) is 0.456. The zero-order valence-corrected chi connectivity index (χ0v) is 15.9. The molecule has 29 heavy (non-hydrogen) atoms. The van der Waals surface area contributed by atoms with Crippen molar-refractivity contribution < 1.29 is 22.1 Å². The summed E-state index contributed by atoms with van der Waals surface area (Å²) >= 11 is 0. The first kappa shape index (κ1) is 20.4. The zero-order chi connectivity index (χ0) is 21.2. The number of nitrogens with zero attached hydrogens (tertiary/aromatic N) is 3. The van der Waals surface area contributed by atoms with E-state index in [1.165, 1.54) is 0 Å². The first-order valence-corrected chi connectivity index (χ1v) is 9.92. The third-order valence-electron chi connectivity index (χ3n) is 4.26. The Bertz CT molecular complexity index is 1120. The van der Waals surface area contributed by atoms with Crippen molar-refractivity contribution in [1.82, 2.24) is 9.78 Å². The van der Waals surface area contributed by atoms with E-state index in [2.05, 4.69) is 10.4 Å². The highest BCUT2D eigenvalue weighted by Gasteiger charge is 2.29. The van der Waals surface area contributed by atoms with Crippen molar-refractivity contribution in [1.29, 1.82) is 0 Å². The van der Waals surface area contributed by atoms with Crippen LogP contribution in [0, 0.1) is 10.1 Å². The number of alkyl halides is 2. The lowest BCUT2D eigenvalue weighted by atomic mass is 10.1. The molecule has 0 aliphatic carbocycles. The van der Waals surface area contributed by atoms with E-state index in [1.54, 1.807) is 30.1 Å². The molecule has 11 heteroatoms. The number of nitrogens with one attached hydrogen (secondary N) is 1. The van der Waals surface area contributed by atoms with Crippen LogP contribution in [0.4, 0.5) is 20.2 Å². The van der Waals surface area contributed by atoms with Crippen LogP contribution in [0.25, 0.3) is 5.69 Å². The van der Waals surface area contributed by atoms with Gasteiger partial charge in [-0.05, 0) is 42.8 Å². The molecular weight excluding hydrogens is 406 g/mol. The highest BCUT2D eigenvalue weighted by atomic mass is 32.2. The number of hydrogen-bond acceptors (Lipinski definition) is 6. The van der Waals surface area contributed by atoms with Crippen LogP contribution in [-0.2, 0) is 9.84 Å². The SMILES string of the molecule is CC(Nc1ccc(S(=O)(=O)C(F)F)cc1[N+](=O)[O-])c1ccc(-n2cccn2)cc1. The molecule has 0 fully saturated rings. The van der Waals surface area contributed by atoms with Crippen molar-refractivity contribution in [2.75, 3.05) is 5.32 Å². The number of aromatic nitrogens is 2. The normalized spacial score (nSPS) is 12.7. The molecule has 0 bridgehead atoms. The summed E-state index contributed by atoms with van der Waals surface area (Å²) in [6.07, 6.45) is 3.43. The van der Waals surface area contributed by atoms with Gasteiger partial charge in [-0.25, -0.2) is 13.1 Å². The van der Waals surface area contributed by atoms with Gasteiger partial charge in [-0.15, -0.1) is 0 Å². The second-order valence-electron chi connectivity index (χ2n) is 6.15. The number of halogens is 2. The van der Waals surface area contributed by atoms with E-state index in [0.717, 1.165) is 23.4 Å². The molecule has 0 amide bonds. The Morgan fingerprint density at radius 1 is 1.17 bits per heavy atom. The van der Waals surface area contributed by atoms with E-state index in [1.807, 2.05) is 24.3 Å². The molecule has 0 aliphatic heterocycles. The van der Waals surface area contributed by atoms with E-state index in [-0.39, 0.29) is 11.7 Å². The largest absolute Gasteiger partial charge is 0.373 e. The van der Waals surface area contributed by atoms with Crippen molar-refractivity contribution in [3.63, 3.8) is 0 Å². The van der Waals surface area contributed by atoms with Gasteiger partial charge in [-0.3, -0.25) is 10.1 Å². The van der Waals surface area contributed by atoms with Gasteiger partial charge in [0.15, 0.2) is 0 Å². The van der Waals surface area contributed by atoms with Gasteiger partial charge >= 0.3 is 5.76 Å². The lowest BCUT2D eigenvalue weighted by Crippen LogP contribution is -2.13. The van der Waals surface area contributed by atoms with Crippen molar-refractivity contribution in [2.24, 2.45) is 0 Å². The van der Waals surface area contributed by atoms with Gasteiger partial charge in [0.1, 0.15) is 5.69 Å². The molecule has 1 atom stereocenters. The predicted octanol–water partition coefficient (Wildman–Crippen LogP) is 3.95. The first-order valence-electron chi connectivity index (χ1n) is 8.37. The Morgan fingerprint density at radius 3 is 2.41 bits per heavy atom. The number of anilines is 1. The molecule has 1 N–H and O–H groups in total. The third-order valence-corrected chi connectivity index (χ3v) is 5.64. The van der Waals surface area contributed by atoms with E-state index >= 15 is 0 Å². The van der Waals surface area contributed by atoms with Crippen LogP contribution < -0.4 is 5.32 Å². The Kier molecular flexibility index (Phi) is 5.59. The minimum Gasteiger partial charge on any atom is -0.373 e. The van der Waals surface area contributed by atoms with Crippen molar-refractivity contribution in [3.8, 4) is 5.69 Å². The van der Waals surface area contributed by atoms with Crippen molar-refractivity contribution in [3.05, 3.63) is 76.6 Å². The lowest BCUT2D eigenvalue weighted by Gasteiger charge is -2.17. The molecule has 2 aromatic carbocycles. The summed E-state index contributed by atoms with van der Waals surface area (Å²) in [5, 5.41) is 18.4. The summed E-state index contributed by atoms with van der Waals surface area (Å²) < 4.78 is 50.3. The van der Waals surface area contributed by atoms with E-state index in [0.29, 0.717) is 6.07 Å². The molecule has 3 rings (SSSR count). The molecule has 0 spiro atoms. The minimum absolute atomic E-state index is 0.0202. The van der Waals surface area contributed by atoms with Crippen LogP contribution in [0.15, 0.2) is 65.8 Å². The van der Waals surface area contributed by atoms with Crippen LogP contribution >= 0.6 is 0 Å². The third kappa shape index (κ3) is 4.24. The molecule has 152 valence electrons. The smallest absolute Gasteiger partial charge is 0.341 e. The second kappa shape index (κ2) is 7.95. The van der Waals surface area contributed by atoms with Crippen molar-refractivity contribution in [2.45, 2.75) is 23.6 Å². The lowest BCUT2D eigenvalue weighted by molar-refractivity contribution is -0.384. The summed E-state index contributed by atoms with van der Waals surface area (Å²) in [7, 11) is -4.93. The van der Waals surface area contributed by atoms with Crippen LogP contribution in [0.1, 0.15) is 18.5 Å². The van der Waals surface area contributed by atoms with E-state index in [4.69, 9.17) is 0 Å². The van der Waals surface area contributed by atoms with Crippen LogP contribution in [0.3, 0.4) is 0 Å². The van der Waals surface area contributed by atoms with Gasteiger partial charge in [0.2, 0.25) is 9.84 Å².